The molecule has 2 aromatic carbocycles. The minimum atomic E-state index is -1.02. The highest BCUT2D eigenvalue weighted by Gasteiger charge is 2.24. The van der Waals surface area contributed by atoms with E-state index in [-0.39, 0.29) is 17.7 Å². The van der Waals surface area contributed by atoms with E-state index in [9.17, 15) is 19.7 Å². The van der Waals surface area contributed by atoms with Gasteiger partial charge in [0.05, 0.1) is 12.0 Å². The van der Waals surface area contributed by atoms with Gasteiger partial charge in [0.1, 0.15) is 6.04 Å². The molecule has 1 atom stereocenters. The lowest BCUT2D eigenvalue weighted by Crippen LogP contribution is -2.43. The summed E-state index contributed by atoms with van der Waals surface area (Å²) in [5.74, 6) is -1.32. The number of carbonyl (C=O) groups excluding carboxylic acids is 2. The van der Waals surface area contributed by atoms with E-state index in [1.54, 1.807) is 12.1 Å². The van der Waals surface area contributed by atoms with Crippen molar-refractivity contribution in [1.82, 2.24) is 5.32 Å². The van der Waals surface area contributed by atoms with Gasteiger partial charge < -0.3 is 10.1 Å². The smallest absolute Gasteiger partial charge is 0.328 e. The Morgan fingerprint density at radius 3 is 2.58 bits per heavy atom. The summed E-state index contributed by atoms with van der Waals surface area (Å²) in [7, 11) is 1.19. The second kappa shape index (κ2) is 8.64. The number of methoxy groups -OCH3 is 1. The normalized spacial score (nSPS) is 11.5. The number of hydrogen-bond acceptors (Lipinski definition) is 5. The summed E-state index contributed by atoms with van der Waals surface area (Å²) in [5, 5.41) is 14.1. The Labute approximate surface area is 159 Å². The number of nitro groups is 1. The van der Waals surface area contributed by atoms with Crippen LogP contribution < -0.4 is 5.32 Å². The third-order valence-electron chi connectivity index (χ3n) is 3.55. The van der Waals surface area contributed by atoms with Crippen molar-refractivity contribution in [1.29, 1.82) is 0 Å². The fourth-order valence-electron chi connectivity index (χ4n) is 2.24. The highest BCUT2D eigenvalue weighted by atomic mass is 35.5. The van der Waals surface area contributed by atoms with Gasteiger partial charge in [-0.3, -0.25) is 14.9 Å². The molecule has 1 amide bonds. The van der Waals surface area contributed by atoms with Gasteiger partial charge in [-0.05, 0) is 23.8 Å². The van der Waals surface area contributed by atoms with Gasteiger partial charge in [0.2, 0.25) is 0 Å². The van der Waals surface area contributed by atoms with E-state index >= 15 is 0 Å². The van der Waals surface area contributed by atoms with Crippen molar-refractivity contribution in [3.63, 3.8) is 0 Å². The van der Waals surface area contributed by atoms with E-state index in [0.29, 0.717) is 15.6 Å². The quantitative estimate of drug-likeness (QED) is 0.458. The van der Waals surface area contributed by atoms with Crippen LogP contribution in [0.3, 0.4) is 0 Å². The van der Waals surface area contributed by atoms with E-state index in [1.807, 2.05) is 0 Å². The van der Waals surface area contributed by atoms with Crippen molar-refractivity contribution in [3.05, 3.63) is 73.8 Å². The number of non-ortho nitro benzene ring substituents is 1. The summed E-state index contributed by atoms with van der Waals surface area (Å²) in [6, 6.07) is 8.93. The topological polar surface area (TPSA) is 98.5 Å². The SMILES string of the molecule is COC(=O)[C@H](Cc1ccc(Cl)cc1Cl)NC(=O)c1cccc([N+](=O)[O-])c1. The van der Waals surface area contributed by atoms with Gasteiger partial charge >= 0.3 is 5.97 Å². The Morgan fingerprint density at radius 1 is 1.23 bits per heavy atom. The Balaban J connectivity index is 2.22. The largest absolute Gasteiger partial charge is 0.467 e. The predicted molar refractivity (Wildman–Crippen MR) is 96.5 cm³/mol. The minimum Gasteiger partial charge on any atom is -0.467 e. The number of esters is 1. The molecule has 2 rings (SSSR count). The highest BCUT2D eigenvalue weighted by molar-refractivity contribution is 6.35. The fourth-order valence-corrected chi connectivity index (χ4v) is 2.73. The minimum absolute atomic E-state index is 0.0512. The second-order valence-corrected chi connectivity index (χ2v) is 6.14. The number of nitrogens with zero attached hydrogens (tertiary/aromatic N) is 1. The number of rotatable bonds is 6. The number of amides is 1. The molecule has 0 aliphatic heterocycles. The average molecular weight is 397 g/mol. The van der Waals surface area contributed by atoms with Crippen molar-refractivity contribution < 1.29 is 19.2 Å². The number of carbonyl (C=O) groups is 2. The number of nitrogens with one attached hydrogen (secondary N) is 1. The van der Waals surface area contributed by atoms with E-state index in [1.165, 1.54) is 31.4 Å². The predicted octanol–water partition coefficient (Wildman–Crippen LogP) is 3.42. The molecule has 0 radical (unpaired) electrons. The molecule has 136 valence electrons. The second-order valence-electron chi connectivity index (χ2n) is 5.30. The number of ether oxygens (including phenoxy) is 1. The monoisotopic (exact) mass is 396 g/mol. The van der Waals surface area contributed by atoms with Crippen molar-refractivity contribution in [2.75, 3.05) is 7.11 Å². The molecule has 0 saturated heterocycles. The van der Waals surface area contributed by atoms with E-state index < -0.39 is 22.8 Å². The molecule has 0 aromatic heterocycles. The molecule has 0 bridgehead atoms. The van der Waals surface area contributed by atoms with Crippen LogP contribution in [-0.4, -0.2) is 30.0 Å². The van der Waals surface area contributed by atoms with Crippen LogP contribution in [0.1, 0.15) is 15.9 Å². The van der Waals surface area contributed by atoms with Crippen LogP contribution in [0.5, 0.6) is 0 Å². The maximum Gasteiger partial charge on any atom is 0.328 e. The molecular weight excluding hydrogens is 383 g/mol. The lowest BCUT2D eigenvalue weighted by molar-refractivity contribution is -0.384. The van der Waals surface area contributed by atoms with Crippen LogP contribution in [0.15, 0.2) is 42.5 Å². The lowest BCUT2D eigenvalue weighted by atomic mass is 10.0. The van der Waals surface area contributed by atoms with Crippen molar-refractivity contribution >= 4 is 40.8 Å². The third-order valence-corrected chi connectivity index (χ3v) is 4.14. The molecule has 0 saturated carbocycles. The Kier molecular flexibility index (Phi) is 6.54. The molecule has 0 fully saturated rings. The summed E-state index contributed by atoms with van der Waals surface area (Å²) in [4.78, 5) is 34.6. The summed E-state index contributed by atoms with van der Waals surface area (Å²) in [6.45, 7) is 0. The van der Waals surface area contributed by atoms with E-state index in [0.717, 1.165) is 6.07 Å². The van der Waals surface area contributed by atoms with Crippen LogP contribution in [0.2, 0.25) is 10.0 Å². The molecule has 0 heterocycles. The third kappa shape index (κ3) is 4.93. The highest BCUT2D eigenvalue weighted by Crippen LogP contribution is 2.22. The molecule has 7 nitrogen and oxygen atoms in total. The molecule has 0 spiro atoms. The van der Waals surface area contributed by atoms with Crippen LogP contribution in [0, 0.1) is 10.1 Å². The van der Waals surface area contributed by atoms with Crippen LogP contribution in [-0.2, 0) is 16.0 Å². The molecule has 26 heavy (non-hydrogen) atoms. The summed E-state index contributed by atoms with van der Waals surface area (Å²) < 4.78 is 4.72. The summed E-state index contributed by atoms with van der Waals surface area (Å²) in [5.41, 5.74) is 0.411. The molecular formula is C17H14Cl2N2O5. The fraction of sp³-hybridized carbons (Fsp3) is 0.176. The van der Waals surface area contributed by atoms with Crippen LogP contribution in [0.4, 0.5) is 5.69 Å². The molecule has 1 N–H and O–H groups in total. The summed E-state index contributed by atoms with van der Waals surface area (Å²) >= 11 is 12.0. The zero-order valence-corrected chi connectivity index (χ0v) is 15.1. The summed E-state index contributed by atoms with van der Waals surface area (Å²) in [6.07, 6.45) is 0.0728. The van der Waals surface area contributed by atoms with Crippen molar-refractivity contribution in [2.24, 2.45) is 0 Å². The number of halogens is 2. The van der Waals surface area contributed by atoms with Crippen LogP contribution in [0.25, 0.3) is 0 Å². The number of nitro benzene ring substituents is 1. The first-order valence-electron chi connectivity index (χ1n) is 7.39. The maximum atomic E-state index is 12.4. The molecule has 2 aromatic rings. The number of hydrogen-bond donors (Lipinski definition) is 1. The Bertz CT molecular complexity index is 857. The van der Waals surface area contributed by atoms with Gasteiger partial charge in [0.25, 0.3) is 11.6 Å². The molecule has 0 aliphatic carbocycles. The maximum absolute atomic E-state index is 12.4. The van der Waals surface area contributed by atoms with Gasteiger partial charge in [-0.1, -0.05) is 35.3 Å². The van der Waals surface area contributed by atoms with Crippen molar-refractivity contribution in [2.45, 2.75) is 12.5 Å². The van der Waals surface area contributed by atoms with E-state index in [2.05, 4.69) is 5.32 Å². The van der Waals surface area contributed by atoms with Gasteiger partial charge in [0.15, 0.2) is 0 Å². The average Bonchev–Trinajstić information content (AvgIpc) is 2.62. The lowest BCUT2D eigenvalue weighted by Gasteiger charge is -2.17. The first kappa shape index (κ1) is 19.7. The van der Waals surface area contributed by atoms with E-state index in [4.69, 9.17) is 27.9 Å². The zero-order chi connectivity index (χ0) is 19.3. The molecule has 0 unspecified atom stereocenters. The Hall–Kier alpha value is -2.64. The Morgan fingerprint density at radius 2 is 1.96 bits per heavy atom. The van der Waals surface area contributed by atoms with Crippen molar-refractivity contribution in [3.8, 4) is 0 Å². The van der Waals surface area contributed by atoms with Gasteiger partial charge in [-0.25, -0.2) is 4.79 Å². The first-order chi connectivity index (χ1) is 12.3. The van der Waals surface area contributed by atoms with Gasteiger partial charge in [-0.2, -0.15) is 0 Å². The standard InChI is InChI=1S/C17H14Cl2N2O5/c1-26-17(23)15(8-10-5-6-12(18)9-14(10)19)20-16(22)11-3-2-4-13(7-11)21(24)25/h2-7,9,15H,8H2,1H3,(H,20,22)/t15-/m0/s1. The number of benzene rings is 2. The van der Waals surface area contributed by atoms with Crippen LogP contribution >= 0.6 is 23.2 Å². The molecule has 9 heteroatoms. The van der Waals surface area contributed by atoms with Gasteiger partial charge in [0, 0.05) is 34.2 Å². The molecule has 0 aliphatic rings. The van der Waals surface area contributed by atoms with Gasteiger partial charge in [-0.15, -0.1) is 0 Å². The first-order valence-corrected chi connectivity index (χ1v) is 8.14. The zero-order valence-electron chi connectivity index (χ0n) is 13.6.